The number of rotatable bonds is 5. The summed E-state index contributed by atoms with van der Waals surface area (Å²) in [4.78, 5) is 2.49. The molecular weight excluding hydrogens is 326 g/mol. The summed E-state index contributed by atoms with van der Waals surface area (Å²) in [5.74, 6) is 1.14. The molecule has 1 N–H and O–H groups in total. The maximum atomic E-state index is 10.8. The van der Waals surface area contributed by atoms with Crippen LogP contribution in [0.2, 0.25) is 0 Å². The van der Waals surface area contributed by atoms with E-state index < -0.39 is 5.60 Å². The first-order valence-corrected chi connectivity index (χ1v) is 9.80. The van der Waals surface area contributed by atoms with E-state index in [2.05, 4.69) is 35.2 Å². The van der Waals surface area contributed by atoms with Crippen molar-refractivity contribution in [3.63, 3.8) is 0 Å². The second-order valence-electron chi connectivity index (χ2n) is 7.86. The second-order valence-corrected chi connectivity index (χ2v) is 7.86. The molecular formula is C22H29NO3. The predicted molar refractivity (Wildman–Crippen MR) is 104 cm³/mol. The van der Waals surface area contributed by atoms with Crippen LogP contribution in [0.15, 0.2) is 42.5 Å². The van der Waals surface area contributed by atoms with Crippen LogP contribution in [-0.4, -0.2) is 54.6 Å². The van der Waals surface area contributed by atoms with Crippen LogP contribution in [0.3, 0.4) is 0 Å². The molecule has 0 spiro atoms. The van der Waals surface area contributed by atoms with Crippen LogP contribution in [0.1, 0.15) is 26.2 Å². The monoisotopic (exact) mass is 355 g/mol. The number of aliphatic hydroxyl groups is 1. The van der Waals surface area contributed by atoms with E-state index >= 15 is 0 Å². The zero-order valence-electron chi connectivity index (χ0n) is 15.6. The molecule has 4 nitrogen and oxygen atoms in total. The van der Waals surface area contributed by atoms with Crippen molar-refractivity contribution < 1.29 is 14.6 Å². The topological polar surface area (TPSA) is 41.9 Å². The van der Waals surface area contributed by atoms with Gasteiger partial charge in [0.25, 0.3) is 0 Å². The number of hydrogen-bond donors (Lipinski definition) is 1. The molecule has 2 aromatic carbocycles. The van der Waals surface area contributed by atoms with Crippen LogP contribution in [0.25, 0.3) is 10.8 Å². The Balaban J connectivity index is 1.39. The van der Waals surface area contributed by atoms with Crippen molar-refractivity contribution in [3.05, 3.63) is 42.5 Å². The lowest BCUT2D eigenvalue weighted by molar-refractivity contribution is -0.123. The lowest BCUT2D eigenvalue weighted by atomic mass is 9.79. The number of nitrogens with zero attached hydrogens (tertiary/aromatic N) is 1. The molecule has 0 aromatic heterocycles. The van der Waals surface area contributed by atoms with Gasteiger partial charge in [-0.05, 0) is 44.2 Å². The number of hydrogen-bond acceptors (Lipinski definition) is 4. The first kappa shape index (κ1) is 17.8. The Morgan fingerprint density at radius 1 is 1.23 bits per heavy atom. The van der Waals surface area contributed by atoms with Crippen molar-refractivity contribution in [1.82, 2.24) is 4.90 Å². The van der Waals surface area contributed by atoms with Gasteiger partial charge in [0.2, 0.25) is 0 Å². The molecule has 3 atom stereocenters. The summed E-state index contributed by atoms with van der Waals surface area (Å²) < 4.78 is 11.8. The highest BCUT2D eigenvalue weighted by Crippen LogP contribution is 2.35. The summed E-state index contributed by atoms with van der Waals surface area (Å²) in [5.41, 5.74) is -0.623. The Morgan fingerprint density at radius 3 is 2.96 bits per heavy atom. The SMILES string of the molecule is C[C@]1(O)CCOC[C@@H]1[C@H]1CCCN1CCOc1cccc2ccccc12. The number of benzene rings is 2. The molecule has 2 aromatic rings. The smallest absolute Gasteiger partial charge is 0.127 e. The third-order valence-corrected chi connectivity index (χ3v) is 6.11. The van der Waals surface area contributed by atoms with Crippen molar-refractivity contribution in [2.45, 2.75) is 37.8 Å². The molecule has 0 radical (unpaired) electrons. The van der Waals surface area contributed by atoms with E-state index in [0.29, 0.717) is 25.9 Å². The van der Waals surface area contributed by atoms with Crippen LogP contribution < -0.4 is 4.74 Å². The van der Waals surface area contributed by atoms with Gasteiger partial charge in [-0.2, -0.15) is 0 Å². The Bertz CT molecular complexity index is 740. The minimum Gasteiger partial charge on any atom is -0.492 e. The lowest BCUT2D eigenvalue weighted by Gasteiger charge is -2.43. The molecule has 140 valence electrons. The minimum atomic E-state index is -0.623. The summed E-state index contributed by atoms with van der Waals surface area (Å²) in [5, 5.41) is 13.2. The number of likely N-dealkylation sites (tertiary alicyclic amines) is 1. The van der Waals surface area contributed by atoms with Gasteiger partial charge in [0, 0.05) is 30.5 Å². The Labute approximate surface area is 155 Å². The molecule has 0 aliphatic carbocycles. The van der Waals surface area contributed by atoms with Gasteiger partial charge in [-0.25, -0.2) is 0 Å². The molecule has 2 aliphatic rings. The van der Waals surface area contributed by atoms with Gasteiger partial charge in [-0.3, -0.25) is 4.90 Å². The second kappa shape index (κ2) is 7.55. The number of ether oxygens (including phenoxy) is 2. The van der Waals surface area contributed by atoms with Gasteiger partial charge in [0.15, 0.2) is 0 Å². The van der Waals surface area contributed by atoms with E-state index in [1.54, 1.807) is 0 Å². The van der Waals surface area contributed by atoms with Gasteiger partial charge in [0.1, 0.15) is 12.4 Å². The fourth-order valence-electron chi connectivity index (χ4n) is 4.56. The molecule has 0 saturated carbocycles. The molecule has 0 amide bonds. The maximum absolute atomic E-state index is 10.8. The zero-order chi connectivity index (χ0) is 18.0. The Morgan fingerprint density at radius 2 is 2.08 bits per heavy atom. The first-order chi connectivity index (χ1) is 12.6. The molecule has 4 rings (SSSR count). The summed E-state index contributed by atoms with van der Waals surface area (Å²) in [7, 11) is 0. The van der Waals surface area contributed by atoms with Gasteiger partial charge in [-0.1, -0.05) is 36.4 Å². The summed E-state index contributed by atoms with van der Waals surface area (Å²) in [6, 6.07) is 14.9. The quantitative estimate of drug-likeness (QED) is 0.892. The van der Waals surface area contributed by atoms with Crippen molar-refractivity contribution in [3.8, 4) is 5.75 Å². The van der Waals surface area contributed by atoms with E-state index in [1.165, 1.54) is 11.8 Å². The molecule has 2 saturated heterocycles. The third kappa shape index (κ3) is 3.59. The van der Waals surface area contributed by atoms with E-state index in [4.69, 9.17) is 9.47 Å². The normalized spacial score (nSPS) is 29.9. The van der Waals surface area contributed by atoms with E-state index in [-0.39, 0.29) is 5.92 Å². The van der Waals surface area contributed by atoms with Gasteiger partial charge in [0.05, 0.1) is 12.2 Å². The van der Waals surface area contributed by atoms with Gasteiger partial charge >= 0.3 is 0 Å². The maximum Gasteiger partial charge on any atom is 0.127 e. The molecule has 0 unspecified atom stereocenters. The summed E-state index contributed by atoms with van der Waals surface area (Å²) in [6.45, 7) is 5.94. The van der Waals surface area contributed by atoms with E-state index in [9.17, 15) is 5.11 Å². The third-order valence-electron chi connectivity index (χ3n) is 6.11. The summed E-state index contributed by atoms with van der Waals surface area (Å²) >= 11 is 0. The fourth-order valence-corrected chi connectivity index (χ4v) is 4.56. The molecule has 4 heteroatoms. The van der Waals surface area contributed by atoms with Crippen molar-refractivity contribution in [2.75, 3.05) is 32.9 Å². The summed E-state index contributed by atoms with van der Waals surface area (Å²) in [6.07, 6.45) is 3.05. The van der Waals surface area contributed by atoms with Gasteiger partial charge in [-0.15, -0.1) is 0 Å². The zero-order valence-corrected chi connectivity index (χ0v) is 15.6. The van der Waals surface area contributed by atoms with Crippen LogP contribution in [0, 0.1) is 5.92 Å². The van der Waals surface area contributed by atoms with Crippen molar-refractivity contribution >= 4 is 10.8 Å². The molecule has 26 heavy (non-hydrogen) atoms. The Hall–Kier alpha value is -1.62. The highest BCUT2D eigenvalue weighted by Gasteiger charge is 2.43. The average molecular weight is 355 g/mol. The lowest BCUT2D eigenvalue weighted by Crippen LogP contribution is -2.53. The van der Waals surface area contributed by atoms with Gasteiger partial charge < -0.3 is 14.6 Å². The van der Waals surface area contributed by atoms with E-state index in [1.807, 2.05) is 19.1 Å². The fraction of sp³-hybridized carbons (Fsp3) is 0.545. The average Bonchev–Trinajstić information content (AvgIpc) is 3.10. The molecule has 2 fully saturated rings. The largest absolute Gasteiger partial charge is 0.492 e. The van der Waals surface area contributed by atoms with Crippen molar-refractivity contribution in [1.29, 1.82) is 0 Å². The first-order valence-electron chi connectivity index (χ1n) is 9.80. The van der Waals surface area contributed by atoms with Crippen LogP contribution in [0.4, 0.5) is 0 Å². The predicted octanol–water partition coefficient (Wildman–Crippen LogP) is 3.47. The van der Waals surface area contributed by atoms with E-state index in [0.717, 1.165) is 37.1 Å². The Kier molecular flexibility index (Phi) is 5.16. The van der Waals surface area contributed by atoms with Crippen LogP contribution >= 0.6 is 0 Å². The molecule has 2 aliphatic heterocycles. The minimum absolute atomic E-state index is 0.191. The molecule has 2 heterocycles. The number of fused-ring (bicyclic) bond motifs is 1. The highest BCUT2D eigenvalue weighted by atomic mass is 16.5. The molecule has 0 bridgehead atoms. The van der Waals surface area contributed by atoms with Crippen LogP contribution in [0.5, 0.6) is 5.75 Å². The van der Waals surface area contributed by atoms with Crippen LogP contribution in [-0.2, 0) is 4.74 Å². The standard InChI is InChI=1S/C22H29NO3/c1-22(24)11-14-25-16-19(22)20-9-5-12-23(20)13-15-26-21-10-4-7-17-6-2-3-8-18(17)21/h2-4,6-8,10,19-20,24H,5,9,11-16H2,1H3/t19-,20-,22+/m1/s1. The van der Waals surface area contributed by atoms with Crippen molar-refractivity contribution in [2.24, 2.45) is 5.92 Å². The highest BCUT2D eigenvalue weighted by molar-refractivity contribution is 5.88.